The Morgan fingerprint density at radius 1 is 1.06 bits per heavy atom. The molecule has 0 bridgehead atoms. The maximum Gasteiger partial charge on any atom is 0.291 e. The van der Waals surface area contributed by atoms with E-state index in [2.05, 4.69) is 49.9 Å². The zero-order valence-corrected chi connectivity index (χ0v) is 19.2. The fraction of sp³-hybridized carbons (Fsp3) is 0.320. The first-order chi connectivity index (χ1) is 14.8. The Balaban J connectivity index is 1.58. The summed E-state index contributed by atoms with van der Waals surface area (Å²) in [5.41, 5.74) is 3.08. The molecular formula is C25H27N3O2S. The normalized spacial score (nSPS) is 12.6. The van der Waals surface area contributed by atoms with Crippen LogP contribution in [0.5, 0.6) is 5.75 Å². The summed E-state index contributed by atoms with van der Waals surface area (Å²) in [4.78, 5) is 18.0. The fourth-order valence-electron chi connectivity index (χ4n) is 3.22. The van der Waals surface area contributed by atoms with E-state index in [0.29, 0.717) is 21.9 Å². The predicted octanol–water partition coefficient (Wildman–Crippen LogP) is 4.84. The van der Waals surface area contributed by atoms with Gasteiger partial charge in [-0.2, -0.15) is 9.50 Å². The van der Waals surface area contributed by atoms with E-state index >= 15 is 0 Å². The van der Waals surface area contributed by atoms with Crippen molar-refractivity contribution in [2.24, 2.45) is 0 Å². The molecule has 5 nitrogen and oxygen atoms in total. The van der Waals surface area contributed by atoms with Gasteiger partial charge in [-0.05, 0) is 53.3 Å². The molecule has 0 aliphatic carbocycles. The van der Waals surface area contributed by atoms with E-state index < -0.39 is 0 Å². The highest BCUT2D eigenvalue weighted by atomic mass is 32.1. The SMILES string of the molecule is CCCCOc1ccc(-c2nc3sc(=Cc4ccc(C(C)(C)C)cc4)c(=O)n3n2)cc1. The lowest BCUT2D eigenvalue weighted by atomic mass is 9.87. The Bertz CT molecular complexity index is 1280. The maximum absolute atomic E-state index is 12.8. The fourth-order valence-corrected chi connectivity index (χ4v) is 4.13. The highest BCUT2D eigenvalue weighted by Gasteiger charge is 2.14. The lowest BCUT2D eigenvalue weighted by molar-refractivity contribution is 0.309. The molecule has 0 aliphatic heterocycles. The number of nitrogens with zero attached hydrogens (tertiary/aromatic N) is 3. The Morgan fingerprint density at radius 3 is 2.39 bits per heavy atom. The van der Waals surface area contributed by atoms with Crippen LogP contribution in [0.25, 0.3) is 22.4 Å². The molecule has 0 spiro atoms. The van der Waals surface area contributed by atoms with Gasteiger partial charge in [-0.3, -0.25) is 4.79 Å². The van der Waals surface area contributed by atoms with E-state index in [9.17, 15) is 4.79 Å². The van der Waals surface area contributed by atoms with Crippen molar-refractivity contribution in [2.45, 2.75) is 46.0 Å². The van der Waals surface area contributed by atoms with Gasteiger partial charge < -0.3 is 4.74 Å². The van der Waals surface area contributed by atoms with Crippen molar-refractivity contribution >= 4 is 22.4 Å². The molecule has 6 heteroatoms. The minimum absolute atomic E-state index is 0.103. The second kappa shape index (κ2) is 8.63. The number of hydrogen-bond donors (Lipinski definition) is 0. The topological polar surface area (TPSA) is 56.5 Å². The molecule has 0 amide bonds. The molecule has 0 fully saturated rings. The van der Waals surface area contributed by atoms with Crippen LogP contribution in [-0.2, 0) is 5.41 Å². The second-order valence-corrected chi connectivity index (χ2v) is 9.65. The van der Waals surface area contributed by atoms with Gasteiger partial charge in [0.25, 0.3) is 5.56 Å². The molecule has 0 unspecified atom stereocenters. The first-order valence-electron chi connectivity index (χ1n) is 10.6. The molecule has 0 radical (unpaired) electrons. The minimum atomic E-state index is -0.141. The number of unbranched alkanes of at least 4 members (excludes halogenated alkanes) is 1. The summed E-state index contributed by atoms with van der Waals surface area (Å²) in [6, 6.07) is 16.0. The van der Waals surface area contributed by atoms with Crippen molar-refractivity contribution in [3.8, 4) is 17.1 Å². The van der Waals surface area contributed by atoms with Gasteiger partial charge in [0.15, 0.2) is 5.82 Å². The van der Waals surface area contributed by atoms with Gasteiger partial charge in [0.2, 0.25) is 4.96 Å². The van der Waals surface area contributed by atoms with Crippen molar-refractivity contribution in [3.05, 3.63) is 74.5 Å². The standard InChI is InChI=1S/C25H27N3O2S/c1-5-6-15-30-20-13-9-18(10-14-20)22-26-24-28(27-22)23(29)21(31-24)16-17-7-11-19(12-8-17)25(2,3)4/h7-14,16H,5-6,15H2,1-4H3. The molecule has 4 rings (SSSR count). The summed E-state index contributed by atoms with van der Waals surface area (Å²) in [5, 5.41) is 4.44. The minimum Gasteiger partial charge on any atom is -0.494 e. The van der Waals surface area contributed by atoms with Crippen molar-refractivity contribution in [3.63, 3.8) is 0 Å². The van der Waals surface area contributed by atoms with E-state index in [1.807, 2.05) is 42.5 Å². The first-order valence-corrected chi connectivity index (χ1v) is 11.4. The molecule has 2 heterocycles. The van der Waals surface area contributed by atoms with Crippen LogP contribution in [-0.4, -0.2) is 21.2 Å². The van der Waals surface area contributed by atoms with Gasteiger partial charge in [-0.1, -0.05) is 69.7 Å². The van der Waals surface area contributed by atoms with Gasteiger partial charge in [-0.25, -0.2) is 0 Å². The molecule has 0 aliphatic rings. The molecule has 2 aromatic heterocycles. The summed E-state index contributed by atoms with van der Waals surface area (Å²) < 4.78 is 7.72. The monoisotopic (exact) mass is 433 g/mol. The van der Waals surface area contributed by atoms with Crippen molar-refractivity contribution in [2.75, 3.05) is 6.61 Å². The number of ether oxygens (including phenoxy) is 1. The zero-order valence-electron chi connectivity index (χ0n) is 18.4. The predicted molar refractivity (Wildman–Crippen MR) is 127 cm³/mol. The highest BCUT2D eigenvalue weighted by molar-refractivity contribution is 7.15. The van der Waals surface area contributed by atoms with Gasteiger partial charge >= 0.3 is 0 Å². The summed E-state index contributed by atoms with van der Waals surface area (Å²) in [6.45, 7) is 9.41. The van der Waals surface area contributed by atoms with E-state index in [0.717, 1.165) is 29.7 Å². The van der Waals surface area contributed by atoms with Crippen molar-refractivity contribution in [1.29, 1.82) is 0 Å². The smallest absolute Gasteiger partial charge is 0.291 e. The third kappa shape index (κ3) is 4.69. The molecule has 2 aromatic carbocycles. The lowest BCUT2D eigenvalue weighted by Crippen LogP contribution is -2.23. The zero-order chi connectivity index (χ0) is 22.0. The Hall–Kier alpha value is -2.99. The van der Waals surface area contributed by atoms with Crippen LogP contribution in [0.4, 0.5) is 0 Å². The molecular weight excluding hydrogens is 406 g/mol. The highest BCUT2D eigenvalue weighted by Crippen LogP contribution is 2.23. The Morgan fingerprint density at radius 2 is 1.77 bits per heavy atom. The molecule has 0 atom stereocenters. The third-order valence-corrected chi connectivity index (χ3v) is 6.09. The summed E-state index contributed by atoms with van der Waals surface area (Å²) in [7, 11) is 0. The van der Waals surface area contributed by atoms with Crippen LogP contribution in [0, 0.1) is 0 Å². The first kappa shape index (κ1) is 21.2. The molecule has 0 saturated carbocycles. The van der Waals surface area contributed by atoms with Gasteiger partial charge in [0.1, 0.15) is 5.75 Å². The maximum atomic E-state index is 12.8. The number of benzene rings is 2. The molecule has 160 valence electrons. The number of aromatic nitrogens is 3. The Labute approximate surface area is 186 Å². The van der Waals surface area contributed by atoms with Crippen LogP contribution < -0.4 is 14.8 Å². The number of hydrogen-bond acceptors (Lipinski definition) is 5. The van der Waals surface area contributed by atoms with Crippen LogP contribution in [0.2, 0.25) is 0 Å². The molecule has 31 heavy (non-hydrogen) atoms. The van der Waals surface area contributed by atoms with Crippen LogP contribution in [0.1, 0.15) is 51.7 Å². The van der Waals surface area contributed by atoms with E-state index in [4.69, 9.17) is 4.74 Å². The third-order valence-electron chi connectivity index (χ3n) is 5.14. The van der Waals surface area contributed by atoms with Gasteiger partial charge in [0.05, 0.1) is 11.1 Å². The number of fused-ring (bicyclic) bond motifs is 1. The average molecular weight is 434 g/mol. The molecule has 0 N–H and O–H groups in total. The average Bonchev–Trinajstić information content (AvgIpc) is 3.28. The second-order valence-electron chi connectivity index (χ2n) is 8.64. The summed E-state index contributed by atoms with van der Waals surface area (Å²) in [6.07, 6.45) is 4.04. The van der Waals surface area contributed by atoms with Crippen molar-refractivity contribution in [1.82, 2.24) is 14.6 Å². The van der Waals surface area contributed by atoms with E-state index in [-0.39, 0.29) is 11.0 Å². The Kier molecular flexibility index (Phi) is 5.92. The van der Waals surface area contributed by atoms with Crippen LogP contribution >= 0.6 is 11.3 Å². The quantitative estimate of drug-likeness (QED) is 0.408. The summed E-state index contributed by atoms with van der Waals surface area (Å²) in [5.74, 6) is 1.38. The summed E-state index contributed by atoms with van der Waals surface area (Å²) >= 11 is 1.36. The molecule has 4 aromatic rings. The number of thiazole rings is 1. The van der Waals surface area contributed by atoms with Crippen molar-refractivity contribution < 1.29 is 4.74 Å². The lowest BCUT2D eigenvalue weighted by Gasteiger charge is -2.18. The largest absolute Gasteiger partial charge is 0.494 e. The van der Waals surface area contributed by atoms with E-state index in [1.54, 1.807) is 0 Å². The van der Waals surface area contributed by atoms with Gasteiger partial charge in [-0.15, -0.1) is 5.10 Å². The molecule has 0 saturated heterocycles. The van der Waals surface area contributed by atoms with Crippen LogP contribution in [0.3, 0.4) is 0 Å². The van der Waals surface area contributed by atoms with Crippen LogP contribution in [0.15, 0.2) is 53.3 Å². The van der Waals surface area contributed by atoms with Gasteiger partial charge in [0, 0.05) is 5.56 Å². The number of rotatable bonds is 6. The van der Waals surface area contributed by atoms with E-state index in [1.165, 1.54) is 21.4 Å².